The molecule has 0 unspecified atom stereocenters. The summed E-state index contributed by atoms with van der Waals surface area (Å²) < 4.78 is 0. The number of nitrogens with one attached hydrogen (secondary N) is 1. The van der Waals surface area contributed by atoms with E-state index >= 15 is 0 Å². The highest BCUT2D eigenvalue weighted by Gasteiger charge is 2.54. The lowest BCUT2D eigenvalue weighted by atomic mass is 9.78. The number of carbonyl (C=O) groups excluding carboxylic acids is 1. The Balaban J connectivity index is 1.72. The standard InChI is InChI=1S/C19H26N4O/c1-4-16(24)23-18(14-5-7-15(8-6-14)21(2)3)19-17(20-23)13-9-11-22(19)12-10-13/h5-8,13,18-19H,4,9-12H2,1-3H3/p+1/t18-,19+/m0/s1. The second kappa shape index (κ2) is 5.88. The van der Waals surface area contributed by atoms with Crippen molar-refractivity contribution in [2.45, 2.75) is 38.3 Å². The van der Waals surface area contributed by atoms with Crippen LogP contribution in [0, 0.1) is 5.92 Å². The lowest BCUT2D eigenvalue weighted by Gasteiger charge is -2.42. The van der Waals surface area contributed by atoms with Crippen LogP contribution in [0.3, 0.4) is 0 Å². The summed E-state index contributed by atoms with van der Waals surface area (Å²) in [5.41, 5.74) is 3.68. The average Bonchev–Trinajstić information content (AvgIpc) is 3.04. The number of carbonyl (C=O) groups is 1. The van der Waals surface area contributed by atoms with Crippen molar-refractivity contribution in [1.82, 2.24) is 5.01 Å². The number of piperidine rings is 3. The molecule has 5 rings (SSSR count). The Labute approximate surface area is 143 Å². The monoisotopic (exact) mass is 327 g/mol. The Hall–Kier alpha value is -1.88. The third kappa shape index (κ3) is 2.34. The number of quaternary nitrogens is 1. The topological polar surface area (TPSA) is 40.4 Å². The summed E-state index contributed by atoms with van der Waals surface area (Å²) in [4.78, 5) is 16.3. The molecule has 1 amide bonds. The quantitative estimate of drug-likeness (QED) is 0.902. The highest BCUT2D eigenvalue weighted by atomic mass is 16.2. The van der Waals surface area contributed by atoms with Gasteiger partial charge in [-0.1, -0.05) is 19.1 Å². The Morgan fingerprint density at radius 1 is 1.25 bits per heavy atom. The van der Waals surface area contributed by atoms with Crippen molar-refractivity contribution in [3.63, 3.8) is 0 Å². The van der Waals surface area contributed by atoms with Gasteiger partial charge in [-0.05, 0) is 17.7 Å². The van der Waals surface area contributed by atoms with E-state index in [2.05, 4.69) is 43.3 Å². The summed E-state index contributed by atoms with van der Waals surface area (Å²) in [6.45, 7) is 4.36. The molecule has 3 fully saturated rings. The van der Waals surface area contributed by atoms with Gasteiger partial charge >= 0.3 is 0 Å². The number of amides is 1. The van der Waals surface area contributed by atoms with Crippen LogP contribution in [0.1, 0.15) is 37.8 Å². The van der Waals surface area contributed by atoms with Crippen molar-refractivity contribution in [1.29, 1.82) is 0 Å². The van der Waals surface area contributed by atoms with Crippen LogP contribution in [0.5, 0.6) is 0 Å². The lowest BCUT2D eigenvalue weighted by Crippen LogP contribution is -3.20. The van der Waals surface area contributed by atoms with Crippen LogP contribution >= 0.6 is 0 Å². The molecular weight excluding hydrogens is 300 g/mol. The van der Waals surface area contributed by atoms with Crippen molar-refractivity contribution in [2.24, 2.45) is 11.0 Å². The van der Waals surface area contributed by atoms with E-state index in [0.29, 0.717) is 18.4 Å². The van der Waals surface area contributed by atoms with E-state index in [1.807, 2.05) is 6.92 Å². The number of hydrogen-bond donors (Lipinski definition) is 1. The highest BCUT2D eigenvalue weighted by Crippen LogP contribution is 2.37. The number of fused-ring (bicyclic) bond motifs is 2. The second-order valence-electron chi connectivity index (χ2n) is 7.46. The molecule has 1 aromatic carbocycles. The zero-order chi connectivity index (χ0) is 16.8. The fourth-order valence-corrected chi connectivity index (χ4v) is 4.59. The van der Waals surface area contributed by atoms with Crippen LogP contribution in [-0.4, -0.2) is 49.9 Å². The summed E-state index contributed by atoms with van der Waals surface area (Å²) >= 11 is 0. The summed E-state index contributed by atoms with van der Waals surface area (Å²) in [5.74, 6) is 0.726. The summed E-state index contributed by atoms with van der Waals surface area (Å²) in [7, 11) is 4.10. The molecule has 0 spiro atoms. The van der Waals surface area contributed by atoms with Gasteiger partial charge in [-0.3, -0.25) is 4.79 Å². The van der Waals surface area contributed by atoms with E-state index in [0.717, 1.165) is 0 Å². The van der Waals surface area contributed by atoms with Gasteiger partial charge in [-0.15, -0.1) is 0 Å². The van der Waals surface area contributed by atoms with Crippen LogP contribution in [0.4, 0.5) is 5.69 Å². The van der Waals surface area contributed by atoms with Crippen molar-refractivity contribution < 1.29 is 9.69 Å². The van der Waals surface area contributed by atoms with Gasteiger partial charge in [0.15, 0.2) is 6.04 Å². The first-order valence-corrected chi connectivity index (χ1v) is 9.12. The molecule has 0 saturated carbocycles. The molecule has 0 aromatic heterocycles. The molecule has 5 nitrogen and oxygen atoms in total. The first-order chi connectivity index (χ1) is 11.6. The Kier molecular flexibility index (Phi) is 3.83. The van der Waals surface area contributed by atoms with Gasteiger partial charge in [-0.25, -0.2) is 5.01 Å². The smallest absolute Gasteiger partial charge is 0.243 e. The van der Waals surface area contributed by atoms with Gasteiger partial charge in [0.05, 0.1) is 13.1 Å². The fourth-order valence-electron chi connectivity index (χ4n) is 4.59. The van der Waals surface area contributed by atoms with Gasteiger partial charge in [0, 0.05) is 45.0 Å². The minimum Gasteiger partial charge on any atom is -0.378 e. The maximum absolute atomic E-state index is 12.6. The molecule has 128 valence electrons. The lowest BCUT2D eigenvalue weighted by molar-refractivity contribution is -0.927. The largest absolute Gasteiger partial charge is 0.378 e. The van der Waals surface area contributed by atoms with E-state index < -0.39 is 0 Å². The molecule has 4 aliphatic rings. The predicted molar refractivity (Wildman–Crippen MR) is 95.3 cm³/mol. The van der Waals surface area contributed by atoms with Crippen LogP contribution in [-0.2, 0) is 4.79 Å². The first kappa shape index (κ1) is 15.6. The summed E-state index contributed by atoms with van der Waals surface area (Å²) in [6.07, 6.45) is 2.96. The molecule has 0 aliphatic carbocycles. The Bertz CT molecular complexity index is 658. The normalized spacial score (nSPS) is 31.0. The van der Waals surface area contributed by atoms with Crippen LogP contribution in [0.25, 0.3) is 0 Å². The summed E-state index contributed by atoms with van der Waals surface area (Å²) in [5, 5.41) is 6.65. The number of anilines is 1. The zero-order valence-corrected chi connectivity index (χ0v) is 14.8. The van der Waals surface area contributed by atoms with E-state index in [1.165, 1.54) is 42.9 Å². The van der Waals surface area contributed by atoms with Gasteiger partial charge in [-0.2, -0.15) is 5.10 Å². The Morgan fingerprint density at radius 3 is 2.50 bits per heavy atom. The SMILES string of the molecule is CCC(=O)N1N=C2C3CC[NH+](CC3)[C@H]2[C@@H]1c1ccc(N(C)C)cc1. The molecule has 1 aromatic rings. The molecule has 2 atom stereocenters. The number of rotatable bonds is 3. The van der Waals surface area contributed by atoms with E-state index in [-0.39, 0.29) is 11.9 Å². The van der Waals surface area contributed by atoms with Crippen molar-refractivity contribution in [3.05, 3.63) is 29.8 Å². The van der Waals surface area contributed by atoms with Gasteiger partial charge < -0.3 is 9.80 Å². The summed E-state index contributed by atoms with van der Waals surface area (Å²) in [6, 6.07) is 9.08. The predicted octanol–water partition coefficient (Wildman–Crippen LogP) is 1.08. The number of hydrazone groups is 1. The molecule has 3 saturated heterocycles. The number of nitrogens with zero attached hydrogens (tertiary/aromatic N) is 3. The third-order valence-electron chi connectivity index (χ3n) is 5.92. The van der Waals surface area contributed by atoms with E-state index in [9.17, 15) is 4.79 Å². The van der Waals surface area contributed by atoms with Crippen LogP contribution in [0.2, 0.25) is 0 Å². The molecule has 24 heavy (non-hydrogen) atoms. The van der Waals surface area contributed by atoms with E-state index in [4.69, 9.17) is 5.10 Å². The molecule has 2 bridgehead atoms. The number of hydrogen-bond acceptors (Lipinski definition) is 3. The maximum atomic E-state index is 12.6. The maximum Gasteiger partial charge on any atom is 0.243 e. The van der Waals surface area contributed by atoms with Crippen molar-refractivity contribution >= 4 is 17.3 Å². The van der Waals surface area contributed by atoms with Crippen molar-refractivity contribution in [2.75, 3.05) is 32.1 Å². The van der Waals surface area contributed by atoms with Crippen LogP contribution < -0.4 is 9.80 Å². The van der Waals surface area contributed by atoms with Gasteiger partial charge in [0.1, 0.15) is 11.8 Å². The first-order valence-electron chi connectivity index (χ1n) is 9.12. The fraction of sp³-hybridized carbons (Fsp3) is 0.579. The van der Waals surface area contributed by atoms with Gasteiger partial charge in [0.2, 0.25) is 5.91 Å². The molecular formula is C19H27N4O+. The zero-order valence-electron chi connectivity index (χ0n) is 14.8. The minimum atomic E-state index is 0.0711. The van der Waals surface area contributed by atoms with Gasteiger partial charge in [0.25, 0.3) is 0 Å². The molecule has 1 N–H and O–H groups in total. The highest BCUT2D eigenvalue weighted by molar-refractivity contribution is 5.96. The minimum absolute atomic E-state index is 0.0711. The Morgan fingerprint density at radius 2 is 1.92 bits per heavy atom. The molecule has 5 heteroatoms. The molecule has 4 aliphatic heterocycles. The average molecular weight is 327 g/mol. The van der Waals surface area contributed by atoms with Crippen LogP contribution in [0.15, 0.2) is 29.4 Å². The molecule has 0 radical (unpaired) electrons. The second-order valence-corrected chi connectivity index (χ2v) is 7.46. The van der Waals surface area contributed by atoms with E-state index in [1.54, 1.807) is 9.91 Å². The third-order valence-corrected chi connectivity index (χ3v) is 5.92. The van der Waals surface area contributed by atoms with Crippen molar-refractivity contribution in [3.8, 4) is 0 Å². The number of benzene rings is 1. The molecule has 4 heterocycles.